The largest absolute Gasteiger partial charge is 0.453 e. The van der Waals surface area contributed by atoms with Crippen LogP contribution in [0, 0.1) is 6.92 Å². The number of furan rings is 2. The number of allylic oxidation sites excluding steroid dienone is 2. The third-order valence-electron chi connectivity index (χ3n) is 15.7. The maximum atomic E-state index is 7.30. The van der Waals surface area contributed by atoms with Gasteiger partial charge in [0, 0.05) is 54.8 Å². The normalized spacial score (nSPS) is 12.0. The molecule has 4 heteroatoms. The van der Waals surface area contributed by atoms with E-state index in [1.807, 2.05) is 12.2 Å². The highest BCUT2D eigenvalue weighted by atomic mass is 16.3. The Labute approximate surface area is 445 Å². The van der Waals surface area contributed by atoms with Gasteiger partial charge in [-0.2, -0.15) is 0 Å². The van der Waals surface area contributed by atoms with E-state index in [9.17, 15) is 0 Å². The number of fused-ring (bicyclic) bond motifs is 8. The van der Waals surface area contributed by atoms with Crippen LogP contribution in [0.1, 0.15) is 11.1 Å². The predicted octanol–water partition coefficient (Wildman–Crippen LogP) is 21.3. The van der Waals surface area contributed by atoms with Crippen LogP contribution in [0.2, 0.25) is 0 Å². The molecule has 0 aliphatic heterocycles. The average molecular weight is 985 g/mol. The van der Waals surface area contributed by atoms with Gasteiger partial charge in [0.2, 0.25) is 0 Å². The summed E-state index contributed by atoms with van der Waals surface area (Å²) in [7, 11) is 0. The summed E-state index contributed by atoms with van der Waals surface area (Å²) < 4.78 is 14.6. The maximum absolute atomic E-state index is 7.30. The molecule has 77 heavy (non-hydrogen) atoms. The highest BCUT2D eigenvalue weighted by Gasteiger charge is 2.27. The zero-order valence-electron chi connectivity index (χ0n) is 42.2. The van der Waals surface area contributed by atoms with Gasteiger partial charge in [0.1, 0.15) is 11.2 Å². The van der Waals surface area contributed by atoms with Crippen molar-refractivity contribution in [3.05, 3.63) is 273 Å². The lowest BCUT2D eigenvalue weighted by molar-refractivity contribution is 0.670. The van der Waals surface area contributed by atoms with Crippen molar-refractivity contribution in [2.45, 2.75) is 6.92 Å². The van der Waals surface area contributed by atoms with Crippen molar-refractivity contribution in [2.75, 3.05) is 9.80 Å². The Morgan fingerprint density at radius 3 is 1.35 bits per heavy atom. The van der Waals surface area contributed by atoms with Crippen LogP contribution in [0.25, 0.3) is 115 Å². The molecule has 0 radical (unpaired) electrons. The Balaban J connectivity index is 0.969. The lowest BCUT2D eigenvalue weighted by Crippen LogP contribution is -2.11. The molecule has 0 spiro atoms. The number of rotatable bonds is 10. The highest BCUT2D eigenvalue weighted by molar-refractivity contribution is 6.29. The minimum absolute atomic E-state index is 0.826. The molecule has 0 aliphatic carbocycles. The molecule has 4 nitrogen and oxygen atoms in total. The summed E-state index contributed by atoms with van der Waals surface area (Å²) in [6, 6.07) is 87.3. The second-order valence-corrected chi connectivity index (χ2v) is 20.0. The van der Waals surface area contributed by atoms with E-state index in [0.717, 1.165) is 122 Å². The third-order valence-corrected chi connectivity index (χ3v) is 15.7. The quantitative estimate of drug-likeness (QED) is 0.101. The summed E-state index contributed by atoms with van der Waals surface area (Å²) in [4.78, 5) is 4.78. The van der Waals surface area contributed by atoms with Crippen LogP contribution in [-0.4, -0.2) is 0 Å². The monoisotopic (exact) mass is 984 g/mol. The fourth-order valence-corrected chi connectivity index (χ4v) is 12.3. The Morgan fingerprint density at radius 1 is 0.351 bits per heavy atom. The molecular weight excluding hydrogens is 937 g/mol. The molecule has 0 saturated carbocycles. The number of nitrogens with zero attached hydrogens (tertiary/aromatic N) is 2. The van der Waals surface area contributed by atoms with Gasteiger partial charge in [0.15, 0.2) is 11.2 Å². The molecule has 362 valence electrons. The first-order valence-electron chi connectivity index (χ1n) is 26.3. The SMILES string of the molecule is C=C/C=C\c1cc(-c2ccccc2)c2oc3c(N(c4ccccc4)c4ccc5ccc6c(N(c7ccccc7)c7cccc8c7oc7c(-c9ccccc9)cc9ccccc9c78)ccc7ccc4c5c76)cccc3c2c1C. The Morgan fingerprint density at radius 2 is 0.805 bits per heavy atom. The van der Waals surface area contributed by atoms with Crippen molar-refractivity contribution in [3.63, 3.8) is 0 Å². The van der Waals surface area contributed by atoms with E-state index in [1.54, 1.807) is 0 Å². The van der Waals surface area contributed by atoms with Crippen LogP contribution in [0.15, 0.2) is 270 Å². The lowest BCUT2D eigenvalue weighted by atomic mass is 9.91. The van der Waals surface area contributed by atoms with Crippen LogP contribution in [0.5, 0.6) is 0 Å². The summed E-state index contributed by atoms with van der Waals surface area (Å²) in [6.07, 6.45) is 5.98. The molecule has 2 heterocycles. The Hall–Kier alpha value is -10.2. The molecule has 0 unspecified atom stereocenters. The van der Waals surface area contributed by atoms with Gasteiger partial charge in [-0.1, -0.05) is 207 Å². The lowest BCUT2D eigenvalue weighted by Gasteiger charge is -2.29. The summed E-state index contributed by atoms with van der Waals surface area (Å²) in [5, 5.41) is 13.7. The molecule has 2 aromatic heterocycles. The van der Waals surface area contributed by atoms with E-state index in [4.69, 9.17) is 8.83 Å². The molecular formula is C73H48N2O2. The predicted molar refractivity (Wildman–Crippen MR) is 326 cm³/mol. The molecule has 15 rings (SSSR count). The molecule has 0 aliphatic rings. The fourth-order valence-electron chi connectivity index (χ4n) is 12.3. The Bertz CT molecular complexity index is 4820. The molecule has 15 aromatic rings. The van der Waals surface area contributed by atoms with E-state index in [-0.39, 0.29) is 0 Å². The van der Waals surface area contributed by atoms with Gasteiger partial charge in [-0.15, -0.1) is 0 Å². The molecule has 0 amide bonds. The van der Waals surface area contributed by atoms with E-state index >= 15 is 0 Å². The number of aryl methyl sites for hydroxylation is 1. The number of anilines is 6. The molecule has 0 N–H and O–H groups in total. The van der Waals surface area contributed by atoms with E-state index in [2.05, 4.69) is 272 Å². The van der Waals surface area contributed by atoms with Crippen LogP contribution in [0.3, 0.4) is 0 Å². The molecule has 13 aromatic carbocycles. The van der Waals surface area contributed by atoms with Crippen LogP contribution in [0.4, 0.5) is 34.1 Å². The van der Waals surface area contributed by atoms with Crippen LogP contribution >= 0.6 is 0 Å². The maximum Gasteiger partial charge on any atom is 0.159 e. The molecule has 0 bridgehead atoms. The van der Waals surface area contributed by atoms with Gasteiger partial charge in [-0.25, -0.2) is 0 Å². The van der Waals surface area contributed by atoms with Gasteiger partial charge in [0.25, 0.3) is 0 Å². The van der Waals surface area contributed by atoms with Crippen molar-refractivity contribution in [1.82, 2.24) is 0 Å². The fraction of sp³-hybridized carbons (Fsp3) is 0.0137. The van der Waals surface area contributed by atoms with E-state index in [1.165, 1.54) is 32.3 Å². The second kappa shape index (κ2) is 17.8. The summed E-state index contributed by atoms with van der Waals surface area (Å²) >= 11 is 0. The molecule has 0 fully saturated rings. The zero-order valence-corrected chi connectivity index (χ0v) is 42.2. The van der Waals surface area contributed by atoms with Crippen molar-refractivity contribution in [2.24, 2.45) is 0 Å². The number of hydrogen-bond donors (Lipinski definition) is 0. The summed E-state index contributed by atoms with van der Waals surface area (Å²) in [5.41, 5.74) is 16.1. The number of para-hydroxylation sites is 4. The zero-order chi connectivity index (χ0) is 51.1. The molecule has 0 saturated heterocycles. The summed E-state index contributed by atoms with van der Waals surface area (Å²) in [5.74, 6) is 0. The molecule has 0 atom stereocenters. The van der Waals surface area contributed by atoms with Crippen molar-refractivity contribution >= 4 is 127 Å². The topological polar surface area (TPSA) is 32.8 Å². The standard InChI is InChI=1S/C73H48N2O2/c1-3-4-21-51-44-60(47-22-9-5-10-23-47)72-66(46(51)2)58-32-19-34-64(70(58)76-72)74(53-27-13-7-14-28-53)62-42-38-49-37-41-57-63(43-39-50-36-40-56(62)67(49)68(50)57)75(54-29-15-8-16-30-54)65-35-20-33-59-69-55-31-18-17-26-52(55)45-61(73(69)77-71(59)65)48-24-11-6-12-25-48/h3-45H,1H2,2H3/b21-4-. The van der Waals surface area contributed by atoms with E-state index in [0.29, 0.717) is 0 Å². The third kappa shape index (κ3) is 6.93. The van der Waals surface area contributed by atoms with Crippen molar-refractivity contribution in [1.29, 1.82) is 0 Å². The minimum atomic E-state index is 0.826. The first kappa shape index (κ1) is 44.3. The van der Waals surface area contributed by atoms with E-state index < -0.39 is 0 Å². The first-order valence-corrected chi connectivity index (χ1v) is 26.3. The number of benzene rings is 13. The van der Waals surface area contributed by atoms with Crippen molar-refractivity contribution in [3.8, 4) is 22.3 Å². The highest BCUT2D eigenvalue weighted by Crippen LogP contribution is 2.52. The number of hydrogen-bond acceptors (Lipinski definition) is 4. The van der Waals surface area contributed by atoms with Gasteiger partial charge >= 0.3 is 0 Å². The summed E-state index contributed by atoms with van der Waals surface area (Å²) in [6.45, 7) is 6.18. The van der Waals surface area contributed by atoms with Crippen molar-refractivity contribution < 1.29 is 8.83 Å². The van der Waals surface area contributed by atoms with Crippen LogP contribution in [-0.2, 0) is 0 Å². The second-order valence-electron chi connectivity index (χ2n) is 20.0. The smallest absolute Gasteiger partial charge is 0.159 e. The van der Waals surface area contributed by atoms with Crippen LogP contribution < -0.4 is 9.80 Å². The van der Waals surface area contributed by atoms with Gasteiger partial charge < -0.3 is 18.6 Å². The Kier molecular flexibility index (Phi) is 10.2. The van der Waals surface area contributed by atoms with Gasteiger partial charge in [0.05, 0.1) is 22.7 Å². The first-order chi connectivity index (χ1) is 38.1. The minimum Gasteiger partial charge on any atom is -0.453 e. The average Bonchev–Trinajstić information content (AvgIpc) is 4.32. The van der Waals surface area contributed by atoms with Gasteiger partial charge in [-0.05, 0) is 122 Å². The van der Waals surface area contributed by atoms with Gasteiger partial charge in [-0.3, -0.25) is 0 Å².